The van der Waals surface area contributed by atoms with Crippen molar-refractivity contribution in [2.24, 2.45) is 5.92 Å². The number of nitrogens with one attached hydrogen (secondary N) is 1. The number of aliphatic hydroxyl groups excluding tert-OH is 2. The SMILES string of the molecule is CC(C)C(=O)Nc1ncc2ncn([C@@H]3O[C@H](CO)[C@@H](O)[C@@H]3F)c2n1. The van der Waals surface area contributed by atoms with E-state index in [4.69, 9.17) is 9.84 Å². The molecule has 0 unspecified atom stereocenters. The first-order chi connectivity index (χ1) is 11.4. The minimum Gasteiger partial charge on any atom is -0.394 e. The number of ether oxygens (including phenoxy) is 1. The van der Waals surface area contributed by atoms with Gasteiger partial charge < -0.3 is 14.9 Å². The fourth-order valence-electron chi connectivity index (χ4n) is 2.41. The number of aromatic nitrogens is 4. The van der Waals surface area contributed by atoms with Crippen LogP contribution in [0, 0.1) is 5.92 Å². The Hall–Kier alpha value is -2.17. The normalized spacial score (nSPS) is 27.1. The molecule has 3 N–H and O–H groups in total. The summed E-state index contributed by atoms with van der Waals surface area (Å²) in [5.74, 6) is -0.435. The number of aliphatic hydroxyl groups is 2. The number of hydrogen-bond donors (Lipinski definition) is 3. The van der Waals surface area contributed by atoms with Gasteiger partial charge in [-0.1, -0.05) is 13.8 Å². The molecule has 2 aromatic heterocycles. The summed E-state index contributed by atoms with van der Waals surface area (Å²) in [6.45, 7) is 2.96. The van der Waals surface area contributed by atoms with Crippen LogP contribution in [0.3, 0.4) is 0 Å². The van der Waals surface area contributed by atoms with Gasteiger partial charge in [0.2, 0.25) is 11.9 Å². The highest BCUT2D eigenvalue weighted by molar-refractivity contribution is 5.91. The number of carbonyl (C=O) groups excluding carboxylic acids is 1. The van der Waals surface area contributed by atoms with E-state index in [0.717, 1.165) is 0 Å². The van der Waals surface area contributed by atoms with E-state index in [0.29, 0.717) is 5.52 Å². The zero-order valence-corrected chi connectivity index (χ0v) is 13.1. The lowest BCUT2D eigenvalue weighted by molar-refractivity contribution is -0.118. The molecule has 0 saturated carbocycles. The fraction of sp³-hybridized carbons (Fsp3) is 0.571. The van der Waals surface area contributed by atoms with Gasteiger partial charge in [0.25, 0.3) is 0 Å². The summed E-state index contributed by atoms with van der Waals surface area (Å²) >= 11 is 0. The van der Waals surface area contributed by atoms with Gasteiger partial charge in [-0.15, -0.1) is 0 Å². The summed E-state index contributed by atoms with van der Waals surface area (Å²) in [4.78, 5) is 24.0. The lowest BCUT2D eigenvalue weighted by Crippen LogP contribution is -2.30. The highest BCUT2D eigenvalue weighted by Gasteiger charge is 2.45. The number of imidazole rings is 1. The zero-order valence-electron chi connectivity index (χ0n) is 13.1. The van der Waals surface area contributed by atoms with Crippen molar-refractivity contribution in [2.45, 2.75) is 38.5 Å². The first-order valence-corrected chi connectivity index (χ1v) is 7.51. The van der Waals surface area contributed by atoms with Gasteiger partial charge in [0.15, 0.2) is 18.0 Å². The highest BCUT2D eigenvalue weighted by Crippen LogP contribution is 2.33. The number of nitrogens with zero attached hydrogens (tertiary/aromatic N) is 4. The number of anilines is 1. The number of amides is 1. The Balaban J connectivity index is 1.93. The van der Waals surface area contributed by atoms with Crippen molar-refractivity contribution in [1.29, 1.82) is 0 Å². The second-order valence-corrected chi connectivity index (χ2v) is 5.88. The van der Waals surface area contributed by atoms with Gasteiger partial charge in [-0.05, 0) is 0 Å². The number of hydrogen-bond acceptors (Lipinski definition) is 7. The Morgan fingerprint density at radius 2 is 2.25 bits per heavy atom. The maximum Gasteiger partial charge on any atom is 0.231 e. The Labute approximate surface area is 136 Å². The molecular weight excluding hydrogens is 321 g/mol. The van der Waals surface area contributed by atoms with Crippen molar-refractivity contribution in [2.75, 3.05) is 11.9 Å². The average molecular weight is 339 g/mol. The van der Waals surface area contributed by atoms with Gasteiger partial charge in [-0.2, -0.15) is 4.98 Å². The lowest BCUT2D eigenvalue weighted by Gasteiger charge is -2.15. The van der Waals surface area contributed by atoms with Gasteiger partial charge in [0.05, 0.1) is 19.1 Å². The third-order valence-corrected chi connectivity index (χ3v) is 3.82. The fourth-order valence-corrected chi connectivity index (χ4v) is 2.41. The molecule has 1 fully saturated rings. The van der Waals surface area contributed by atoms with Crippen molar-refractivity contribution < 1.29 is 24.1 Å². The summed E-state index contributed by atoms with van der Waals surface area (Å²) in [6.07, 6.45) is -2.67. The largest absolute Gasteiger partial charge is 0.394 e. The van der Waals surface area contributed by atoms with Crippen LogP contribution in [0.25, 0.3) is 11.2 Å². The van der Waals surface area contributed by atoms with E-state index in [1.54, 1.807) is 13.8 Å². The first-order valence-electron chi connectivity index (χ1n) is 7.51. The van der Waals surface area contributed by atoms with Gasteiger partial charge >= 0.3 is 0 Å². The molecule has 0 bridgehead atoms. The number of rotatable bonds is 4. The van der Waals surface area contributed by atoms with Crippen molar-refractivity contribution in [3.63, 3.8) is 0 Å². The topological polar surface area (TPSA) is 122 Å². The van der Waals surface area contributed by atoms with E-state index in [-0.39, 0.29) is 23.4 Å². The van der Waals surface area contributed by atoms with Crippen molar-refractivity contribution in [3.8, 4) is 0 Å². The highest BCUT2D eigenvalue weighted by atomic mass is 19.1. The smallest absolute Gasteiger partial charge is 0.231 e. The molecule has 3 heterocycles. The van der Waals surface area contributed by atoms with Gasteiger partial charge in [0.1, 0.15) is 17.7 Å². The van der Waals surface area contributed by atoms with E-state index in [2.05, 4.69) is 20.3 Å². The molecular formula is C14H18FN5O4. The van der Waals surface area contributed by atoms with Crippen LogP contribution >= 0.6 is 0 Å². The molecule has 1 aliphatic rings. The summed E-state index contributed by atoms with van der Waals surface area (Å²) < 4.78 is 20.9. The molecule has 0 aliphatic carbocycles. The van der Waals surface area contributed by atoms with Crippen LogP contribution in [0.15, 0.2) is 12.5 Å². The van der Waals surface area contributed by atoms with Crippen molar-refractivity contribution in [3.05, 3.63) is 12.5 Å². The maximum absolute atomic E-state index is 14.3. The molecule has 0 radical (unpaired) electrons. The Bertz CT molecular complexity index is 752. The zero-order chi connectivity index (χ0) is 17.4. The van der Waals surface area contributed by atoms with Crippen molar-refractivity contribution in [1.82, 2.24) is 19.5 Å². The van der Waals surface area contributed by atoms with E-state index in [1.165, 1.54) is 17.1 Å². The Morgan fingerprint density at radius 1 is 1.50 bits per heavy atom. The molecule has 2 aromatic rings. The van der Waals surface area contributed by atoms with Gasteiger partial charge in [0, 0.05) is 5.92 Å². The standard InChI is InChI=1S/C14H18FN5O4/c1-6(2)12(23)19-14-16-3-7-11(18-14)20(5-17-7)13-9(15)10(22)8(4-21)24-13/h3,5-6,8-10,13,21-22H,4H2,1-2H3,(H,16,18,19,23)/t8-,9+,10-,13-/m1/s1. The quantitative estimate of drug-likeness (QED) is 0.717. The predicted octanol–water partition coefficient (Wildman–Crippen LogP) is 0.00950. The second kappa shape index (κ2) is 6.38. The van der Waals surface area contributed by atoms with Crippen LogP contribution in [-0.2, 0) is 9.53 Å². The predicted molar refractivity (Wildman–Crippen MR) is 80.7 cm³/mol. The first kappa shape index (κ1) is 16.7. The van der Waals surface area contributed by atoms with E-state index < -0.39 is 31.2 Å². The third kappa shape index (κ3) is 2.83. The third-order valence-electron chi connectivity index (χ3n) is 3.82. The van der Waals surface area contributed by atoms with Crippen molar-refractivity contribution >= 4 is 23.0 Å². The molecule has 0 spiro atoms. The summed E-state index contributed by atoms with van der Waals surface area (Å²) in [5, 5.41) is 21.4. The lowest BCUT2D eigenvalue weighted by atomic mass is 10.1. The molecule has 1 saturated heterocycles. The van der Waals surface area contributed by atoms with E-state index >= 15 is 0 Å². The van der Waals surface area contributed by atoms with Crippen LogP contribution in [0.1, 0.15) is 20.1 Å². The second-order valence-electron chi connectivity index (χ2n) is 5.88. The number of halogens is 1. The monoisotopic (exact) mass is 339 g/mol. The maximum atomic E-state index is 14.3. The van der Waals surface area contributed by atoms with Crippen LogP contribution in [0.4, 0.5) is 10.3 Å². The molecule has 10 heteroatoms. The minimum atomic E-state index is -1.75. The molecule has 24 heavy (non-hydrogen) atoms. The molecule has 0 aromatic carbocycles. The Kier molecular flexibility index (Phi) is 4.43. The molecule has 1 amide bonds. The Morgan fingerprint density at radius 3 is 2.88 bits per heavy atom. The van der Waals surface area contributed by atoms with Crippen LogP contribution in [0.2, 0.25) is 0 Å². The molecule has 1 aliphatic heterocycles. The number of fused-ring (bicyclic) bond motifs is 1. The molecule has 130 valence electrons. The van der Waals surface area contributed by atoms with E-state index in [9.17, 15) is 14.3 Å². The van der Waals surface area contributed by atoms with Crippen LogP contribution < -0.4 is 5.32 Å². The van der Waals surface area contributed by atoms with Crippen LogP contribution in [-0.4, -0.2) is 60.6 Å². The van der Waals surface area contributed by atoms with Gasteiger partial charge in [-0.25, -0.2) is 14.4 Å². The summed E-state index contributed by atoms with van der Waals surface area (Å²) in [5.41, 5.74) is 0.637. The summed E-state index contributed by atoms with van der Waals surface area (Å²) in [7, 11) is 0. The summed E-state index contributed by atoms with van der Waals surface area (Å²) in [6, 6.07) is 0. The average Bonchev–Trinajstić information content (AvgIpc) is 3.09. The number of alkyl halides is 1. The number of carbonyl (C=O) groups is 1. The van der Waals surface area contributed by atoms with E-state index in [1.807, 2.05) is 0 Å². The minimum absolute atomic E-state index is 0.0654. The van der Waals surface area contributed by atoms with Gasteiger partial charge in [-0.3, -0.25) is 14.7 Å². The molecule has 9 nitrogen and oxygen atoms in total. The van der Waals surface area contributed by atoms with Crippen LogP contribution in [0.5, 0.6) is 0 Å². The molecule has 3 rings (SSSR count). The molecule has 4 atom stereocenters.